The summed E-state index contributed by atoms with van der Waals surface area (Å²) in [5.41, 5.74) is 1.55. The van der Waals surface area contributed by atoms with Crippen LogP contribution in [-0.2, 0) is 14.3 Å². The van der Waals surface area contributed by atoms with Crippen molar-refractivity contribution < 1.29 is 14.3 Å². The summed E-state index contributed by atoms with van der Waals surface area (Å²) >= 11 is 0. The average Bonchev–Trinajstić information content (AvgIpc) is 2.38. The molecule has 3 heteroatoms. The van der Waals surface area contributed by atoms with E-state index < -0.39 is 0 Å². The summed E-state index contributed by atoms with van der Waals surface area (Å²) in [5.74, 6) is -0.0105. The molecule has 104 valence electrons. The summed E-state index contributed by atoms with van der Waals surface area (Å²) < 4.78 is 10.8. The molecule has 0 aliphatic carbocycles. The highest BCUT2D eigenvalue weighted by Gasteiger charge is 2.16. The Labute approximate surface area is 115 Å². The van der Waals surface area contributed by atoms with Crippen LogP contribution in [0.5, 0.6) is 0 Å². The fourth-order valence-electron chi connectivity index (χ4n) is 1.75. The molecular formula is C16H22O3. The van der Waals surface area contributed by atoms with E-state index in [-0.39, 0.29) is 18.7 Å². The minimum Gasteiger partial charge on any atom is -0.460 e. The molecule has 0 N–H and O–H groups in total. The number of carbonyl (C=O) groups excluding carboxylic acids is 1. The highest BCUT2D eigenvalue weighted by Crippen LogP contribution is 2.25. The van der Waals surface area contributed by atoms with E-state index in [1.807, 2.05) is 30.3 Å². The van der Waals surface area contributed by atoms with Crippen LogP contribution in [0.3, 0.4) is 0 Å². The van der Waals surface area contributed by atoms with Crippen molar-refractivity contribution in [3.8, 4) is 0 Å². The number of esters is 1. The third kappa shape index (κ3) is 5.26. The quantitative estimate of drug-likeness (QED) is 0.428. The lowest BCUT2D eigenvalue weighted by Crippen LogP contribution is -2.16. The first kappa shape index (κ1) is 15.4. The molecule has 0 bridgehead atoms. The molecule has 0 fully saturated rings. The van der Waals surface area contributed by atoms with Gasteiger partial charge in [0.05, 0.1) is 12.7 Å². The SMILES string of the molecule is C=C(C)C(=O)OCCOC(c1ccccc1)C(C)C. The van der Waals surface area contributed by atoms with Crippen molar-refractivity contribution in [1.82, 2.24) is 0 Å². The summed E-state index contributed by atoms with van der Waals surface area (Å²) in [5, 5.41) is 0. The molecule has 0 heterocycles. The smallest absolute Gasteiger partial charge is 0.333 e. The minimum atomic E-state index is -0.371. The highest BCUT2D eigenvalue weighted by molar-refractivity contribution is 5.86. The number of ether oxygens (including phenoxy) is 2. The van der Waals surface area contributed by atoms with Crippen LogP contribution in [0.4, 0.5) is 0 Å². The third-order valence-electron chi connectivity index (χ3n) is 2.70. The van der Waals surface area contributed by atoms with Crippen molar-refractivity contribution >= 4 is 5.97 Å². The normalized spacial score (nSPS) is 12.2. The van der Waals surface area contributed by atoms with Gasteiger partial charge in [-0.05, 0) is 18.4 Å². The summed E-state index contributed by atoms with van der Waals surface area (Å²) in [7, 11) is 0. The maximum Gasteiger partial charge on any atom is 0.333 e. The van der Waals surface area contributed by atoms with Gasteiger partial charge in [-0.2, -0.15) is 0 Å². The zero-order chi connectivity index (χ0) is 14.3. The van der Waals surface area contributed by atoms with E-state index in [1.54, 1.807) is 6.92 Å². The molecule has 0 amide bonds. The van der Waals surface area contributed by atoms with Crippen molar-refractivity contribution in [3.63, 3.8) is 0 Å². The Balaban J connectivity index is 2.44. The predicted molar refractivity (Wildman–Crippen MR) is 75.7 cm³/mol. The van der Waals surface area contributed by atoms with Crippen LogP contribution in [0, 0.1) is 5.92 Å². The molecule has 1 aromatic carbocycles. The zero-order valence-electron chi connectivity index (χ0n) is 11.9. The van der Waals surface area contributed by atoms with E-state index in [1.165, 1.54) is 0 Å². The summed E-state index contributed by atoms with van der Waals surface area (Å²) in [4.78, 5) is 11.2. The standard InChI is InChI=1S/C16H22O3/c1-12(2)15(14-8-6-5-7-9-14)18-10-11-19-16(17)13(3)4/h5-9,12,15H,3,10-11H2,1-2,4H3. The van der Waals surface area contributed by atoms with E-state index in [4.69, 9.17) is 9.47 Å². The highest BCUT2D eigenvalue weighted by atomic mass is 16.6. The molecule has 3 nitrogen and oxygen atoms in total. The molecule has 19 heavy (non-hydrogen) atoms. The van der Waals surface area contributed by atoms with Crippen LogP contribution in [-0.4, -0.2) is 19.2 Å². The Hall–Kier alpha value is -1.61. The van der Waals surface area contributed by atoms with Gasteiger partial charge >= 0.3 is 5.97 Å². The Morgan fingerprint density at radius 3 is 2.37 bits per heavy atom. The van der Waals surface area contributed by atoms with Gasteiger partial charge in [0.15, 0.2) is 0 Å². The first-order valence-electron chi connectivity index (χ1n) is 6.51. The lowest BCUT2D eigenvalue weighted by Gasteiger charge is -2.22. The van der Waals surface area contributed by atoms with Gasteiger partial charge in [0.2, 0.25) is 0 Å². The number of hydrogen-bond acceptors (Lipinski definition) is 3. The van der Waals surface area contributed by atoms with Crippen LogP contribution in [0.2, 0.25) is 0 Å². The zero-order valence-corrected chi connectivity index (χ0v) is 11.9. The number of benzene rings is 1. The summed E-state index contributed by atoms with van der Waals surface area (Å²) in [6.07, 6.45) is 0.0183. The number of hydrogen-bond donors (Lipinski definition) is 0. The largest absolute Gasteiger partial charge is 0.460 e. The molecule has 0 aliphatic heterocycles. The number of rotatable bonds is 7. The van der Waals surface area contributed by atoms with E-state index in [9.17, 15) is 4.79 Å². The fourth-order valence-corrected chi connectivity index (χ4v) is 1.75. The van der Waals surface area contributed by atoms with E-state index in [0.717, 1.165) is 5.56 Å². The van der Waals surface area contributed by atoms with Crippen molar-refractivity contribution in [2.24, 2.45) is 5.92 Å². The van der Waals surface area contributed by atoms with Crippen molar-refractivity contribution in [1.29, 1.82) is 0 Å². The van der Waals surface area contributed by atoms with Crippen molar-refractivity contribution in [2.75, 3.05) is 13.2 Å². The molecule has 0 saturated carbocycles. The van der Waals surface area contributed by atoms with Gasteiger partial charge in [0, 0.05) is 5.57 Å². The van der Waals surface area contributed by atoms with Crippen molar-refractivity contribution in [2.45, 2.75) is 26.9 Å². The molecule has 1 atom stereocenters. The molecule has 0 spiro atoms. The Morgan fingerprint density at radius 2 is 1.84 bits per heavy atom. The topological polar surface area (TPSA) is 35.5 Å². The first-order chi connectivity index (χ1) is 9.02. The van der Waals surface area contributed by atoms with Gasteiger partial charge in [-0.15, -0.1) is 0 Å². The Kier molecular flexibility index (Phi) is 6.30. The van der Waals surface area contributed by atoms with Crippen LogP contribution in [0.15, 0.2) is 42.5 Å². The van der Waals surface area contributed by atoms with Gasteiger partial charge in [-0.3, -0.25) is 0 Å². The average molecular weight is 262 g/mol. The molecule has 1 unspecified atom stereocenters. The van der Waals surface area contributed by atoms with E-state index >= 15 is 0 Å². The van der Waals surface area contributed by atoms with Gasteiger partial charge in [-0.1, -0.05) is 50.8 Å². The van der Waals surface area contributed by atoms with Crippen molar-refractivity contribution in [3.05, 3.63) is 48.0 Å². The van der Waals surface area contributed by atoms with Crippen LogP contribution in [0.25, 0.3) is 0 Å². The molecule has 1 aromatic rings. The molecule has 1 rings (SSSR count). The molecular weight excluding hydrogens is 240 g/mol. The van der Waals surface area contributed by atoms with E-state index in [2.05, 4.69) is 20.4 Å². The molecule has 0 saturated heterocycles. The maximum absolute atomic E-state index is 11.2. The lowest BCUT2D eigenvalue weighted by molar-refractivity contribution is -0.141. The van der Waals surface area contributed by atoms with Gasteiger partial charge in [0.1, 0.15) is 6.61 Å². The third-order valence-corrected chi connectivity index (χ3v) is 2.70. The lowest BCUT2D eigenvalue weighted by atomic mass is 9.99. The second-order valence-corrected chi connectivity index (χ2v) is 4.86. The Morgan fingerprint density at radius 1 is 1.21 bits per heavy atom. The molecule has 0 radical (unpaired) electrons. The van der Waals surface area contributed by atoms with E-state index in [0.29, 0.717) is 18.1 Å². The fraction of sp³-hybridized carbons (Fsp3) is 0.438. The van der Waals surface area contributed by atoms with Crippen LogP contribution < -0.4 is 0 Å². The second kappa shape index (κ2) is 7.74. The molecule has 0 aliphatic rings. The first-order valence-corrected chi connectivity index (χ1v) is 6.51. The number of carbonyl (C=O) groups is 1. The molecule has 0 aromatic heterocycles. The predicted octanol–water partition coefficient (Wildman–Crippen LogP) is 3.52. The van der Waals surface area contributed by atoms with Crippen LogP contribution >= 0.6 is 0 Å². The Bertz CT molecular complexity index is 409. The van der Waals surface area contributed by atoms with Gasteiger partial charge < -0.3 is 9.47 Å². The summed E-state index contributed by atoms with van der Waals surface area (Å²) in [6, 6.07) is 10.1. The maximum atomic E-state index is 11.2. The van der Waals surface area contributed by atoms with Gasteiger partial charge in [-0.25, -0.2) is 4.79 Å². The monoisotopic (exact) mass is 262 g/mol. The minimum absolute atomic E-state index is 0.0183. The second-order valence-electron chi connectivity index (χ2n) is 4.86. The van der Waals surface area contributed by atoms with Crippen LogP contribution in [0.1, 0.15) is 32.4 Å². The summed E-state index contributed by atoms with van der Waals surface area (Å²) in [6.45, 7) is 10.0. The van der Waals surface area contributed by atoms with Gasteiger partial charge in [0.25, 0.3) is 0 Å².